The summed E-state index contributed by atoms with van der Waals surface area (Å²) in [4.78, 5) is 0. The standard InChI is InChI=1S/C15H14BrFO/c1-10-4-3-5-15(11(10)2)18-9-12-6-13(16)8-14(17)7-12/h3-8H,9H2,1-2H3. The number of aryl methyl sites for hydroxylation is 1. The van der Waals surface area contributed by atoms with E-state index in [1.807, 2.05) is 38.1 Å². The molecule has 0 heterocycles. The molecule has 0 amide bonds. The molecule has 0 spiro atoms. The molecule has 0 bridgehead atoms. The third kappa shape index (κ3) is 3.10. The highest BCUT2D eigenvalue weighted by atomic mass is 79.9. The first-order valence-electron chi connectivity index (χ1n) is 5.70. The van der Waals surface area contributed by atoms with Crippen molar-refractivity contribution in [3.63, 3.8) is 0 Å². The molecule has 0 saturated carbocycles. The van der Waals surface area contributed by atoms with Gasteiger partial charge in [-0.3, -0.25) is 0 Å². The van der Waals surface area contributed by atoms with Crippen LogP contribution in [-0.2, 0) is 6.61 Å². The summed E-state index contributed by atoms with van der Waals surface area (Å²) in [5, 5.41) is 0. The zero-order valence-electron chi connectivity index (χ0n) is 10.3. The van der Waals surface area contributed by atoms with Crippen molar-refractivity contribution >= 4 is 15.9 Å². The summed E-state index contributed by atoms with van der Waals surface area (Å²) < 4.78 is 19.7. The van der Waals surface area contributed by atoms with Crippen LogP contribution in [-0.4, -0.2) is 0 Å². The fourth-order valence-electron chi connectivity index (χ4n) is 1.74. The van der Waals surface area contributed by atoms with E-state index in [1.165, 1.54) is 17.7 Å². The molecule has 0 fully saturated rings. The number of halogens is 2. The molecule has 0 radical (unpaired) electrons. The molecule has 18 heavy (non-hydrogen) atoms. The second kappa shape index (κ2) is 5.53. The summed E-state index contributed by atoms with van der Waals surface area (Å²) in [6.45, 7) is 4.42. The van der Waals surface area contributed by atoms with Gasteiger partial charge < -0.3 is 4.74 Å². The number of benzene rings is 2. The molecule has 2 aromatic rings. The highest BCUT2D eigenvalue weighted by molar-refractivity contribution is 9.10. The zero-order chi connectivity index (χ0) is 13.1. The molecule has 0 atom stereocenters. The van der Waals surface area contributed by atoms with Gasteiger partial charge in [0.2, 0.25) is 0 Å². The molecule has 2 aromatic carbocycles. The third-order valence-electron chi connectivity index (χ3n) is 2.87. The molecule has 0 unspecified atom stereocenters. The highest BCUT2D eigenvalue weighted by Gasteiger charge is 2.04. The van der Waals surface area contributed by atoms with Crippen molar-refractivity contribution in [3.8, 4) is 5.75 Å². The predicted octanol–water partition coefficient (Wildman–Crippen LogP) is 4.78. The Hall–Kier alpha value is -1.35. The molecule has 2 rings (SSSR count). The van der Waals surface area contributed by atoms with Gasteiger partial charge in [0, 0.05) is 4.47 Å². The van der Waals surface area contributed by atoms with Gasteiger partial charge >= 0.3 is 0 Å². The second-order valence-electron chi connectivity index (χ2n) is 4.26. The van der Waals surface area contributed by atoms with E-state index in [0.717, 1.165) is 21.3 Å². The van der Waals surface area contributed by atoms with E-state index in [9.17, 15) is 4.39 Å². The Balaban J connectivity index is 2.14. The van der Waals surface area contributed by atoms with Crippen LogP contribution in [0.4, 0.5) is 4.39 Å². The molecule has 0 saturated heterocycles. The minimum Gasteiger partial charge on any atom is -0.489 e. The van der Waals surface area contributed by atoms with Gasteiger partial charge in [-0.1, -0.05) is 28.1 Å². The van der Waals surface area contributed by atoms with Crippen LogP contribution in [0, 0.1) is 19.7 Å². The molecule has 0 aromatic heterocycles. The average molecular weight is 309 g/mol. The van der Waals surface area contributed by atoms with Gasteiger partial charge in [0.05, 0.1) is 0 Å². The summed E-state index contributed by atoms with van der Waals surface area (Å²) in [6, 6.07) is 10.7. The predicted molar refractivity (Wildman–Crippen MR) is 74.3 cm³/mol. The Bertz CT molecular complexity index is 546. The minimum absolute atomic E-state index is 0.260. The fraction of sp³-hybridized carbons (Fsp3) is 0.200. The Labute approximate surface area is 115 Å². The van der Waals surface area contributed by atoms with E-state index in [-0.39, 0.29) is 5.82 Å². The number of hydrogen-bond acceptors (Lipinski definition) is 1. The number of rotatable bonds is 3. The summed E-state index contributed by atoms with van der Waals surface area (Å²) in [6.07, 6.45) is 0. The van der Waals surface area contributed by atoms with Crippen LogP contribution in [0.15, 0.2) is 40.9 Å². The maximum Gasteiger partial charge on any atom is 0.124 e. The first-order chi connectivity index (χ1) is 8.56. The normalized spacial score (nSPS) is 10.4. The van der Waals surface area contributed by atoms with E-state index in [1.54, 1.807) is 0 Å². The van der Waals surface area contributed by atoms with Crippen molar-refractivity contribution in [2.75, 3.05) is 0 Å². The van der Waals surface area contributed by atoms with Gasteiger partial charge in [-0.2, -0.15) is 0 Å². The zero-order valence-corrected chi connectivity index (χ0v) is 11.9. The molecule has 94 valence electrons. The quantitative estimate of drug-likeness (QED) is 0.792. The molecule has 3 heteroatoms. The Morgan fingerprint density at radius 1 is 1.17 bits per heavy atom. The molecule has 0 N–H and O–H groups in total. The van der Waals surface area contributed by atoms with Gasteiger partial charge in [0.15, 0.2) is 0 Å². The van der Waals surface area contributed by atoms with Crippen LogP contribution in [0.2, 0.25) is 0 Å². The average Bonchev–Trinajstić information content (AvgIpc) is 2.30. The van der Waals surface area contributed by atoms with E-state index in [2.05, 4.69) is 15.9 Å². The lowest BCUT2D eigenvalue weighted by molar-refractivity contribution is 0.303. The molecule has 1 nitrogen and oxygen atoms in total. The van der Waals surface area contributed by atoms with Gasteiger partial charge in [0.25, 0.3) is 0 Å². The maximum atomic E-state index is 13.2. The van der Waals surface area contributed by atoms with Crippen molar-refractivity contribution in [1.82, 2.24) is 0 Å². The van der Waals surface area contributed by atoms with Crippen molar-refractivity contribution in [3.05, 3.63) is 63.4 Å². The van der Waals surface area contributed by atoms with Crippen LogP contribution in [0.1, 0.15) is 16.7 Å². The van der Waals surface area contributed by atoms with Crippen molar-refractivity contribution in [2.24, 2.45) is 0 Å². The smallest absolute Gasteiger partial charge is 0.124 e. The van der Waals surface area contributed by atoms with E-state index in [4.69, 9.17) is 4.74 Å². The van der Waals surface area contributed by atoms with Crippen molar-refractivity contribution in [1.29, 1.82) is 0 Å². The van der Waals surface area contributed by atoms with E-state index in [0.29, 0.717) is 6.61 Å². The monoisotopic (exact) mass is 308 g/mol. The highest BCUT2D eigenvalue weighted by Crippen LogP contribution is 2.22. The van der Waals surface area contributed by atoms with Gasteiger partial charge in [-0.15, -0.1) is 0 Å². The van der Waals surface area contributed by atoms with Crippen molar-refractivity contribution < 1.29 is 9.13 Å². The van der Waals surface area contributed by atoms with Crippen LogP contribution in [0.5, 0.6) is 5.75 Å². The topological polar surface area (TPSA) is 9.23 Å². The lowest BCUT2D eigenvalue weighted by Gasteiger charge is -2.11. The lowest BCUT2D eigenvalue weighted by Crippen LogP contribution is -1.98. The first kappa shape index (κ1) is 13.1. The van der Waals surface area contributed by atoms with Gasteiger partial charge in [-0.05, 0) is 54.8 Å². The Kier molecular flexibility index (Phi) is 4.02. The third-order valence-corrected chi connectivity index (χ3v) is 3.33. The van der Waals surface area contributed by atoms with Crippen LogP contribution in [0.25, 0.3) is 0 Å². The maximum absolute atomic E-state index is 13.2. The summed E-state index contributed by atoms with van der Waals surface area (Å²) in [7, 11) is 0. The van der Waals surface area contributed by atoms with Gasteiger partial charge in [-0.25, -0.2) is 4.39 Å². The Morgan fingerprint density at radius 3 is 2.67 bits per heavy atom. The van der Waals surface area contributed by atoms with E-state index < -0.39 is 0 Å². The molecular weight excluding hydrogens is 295 g/mol. The molecule has 0 aliphatic carbocycles. The molecule has 0 aliphatic rings. The summed E-state index contributed by atoms with van der Waals surface area (Å²) in [5.74, 6) is 0.583. The number of hydrogen-bond donors (Lipinski definition) is 0. The largest absolute Gasteiger partial charge is 0.489 e. The first-order valence-corrected chi connectivity index (χ1v) is 6.49. The van der Waals surface area contributed by atoms with Crippen LogP contribution >= 0.6 is 15.9 Å². The lowest BCUT2D eigenvalue weighted by atomic mass is 10.1. The van der Waals surface area contributed by atoms with Crippen molar-refractivity contribution in [2.45, 2.75) is 20.5 Å². The fourth-order valence-corrected chi connectivity index (χ4v) is 2.25. The second-order valence-corrected chi connectivity index (χ2v) is 5.18. The SMILES string of the molecule is Cc1cccc(OCc2cc(F)cc(Br)c2)c1C. The minimum atomic E-state index is -0.260. The van der Waals surface area contributed by atoms with E-state index >= 15 is 0 Å². The summed E-state index contributed by atoms with van der Waals surface area (Å²) in [5.41, 5.74) is 3.11. The molecule has 0 aliphatic heterocycles. The molecular formula is C15H14BrFO. The number of ether oxygens (including phenoxy) is 1. The van der Waals surface area contributed by atoms with Crippen LogP contribution < -0.4 is 4.74 Å². The van der Waals surface area contributed by atoms with Gasteiger partial charge in [0.1, 0.15) is 18.2 Å². The van der Waals surface area contributed by atoms with Crippen LogP contribution in [0.3, 0.4) is 0 Å². The summed E-state index contributed by atoms with van der Waals surface area (Å²) >= 11 is 3.27. The Morgan fingerprint density at radius 2 is 1.94 bits per heavy atom.